The first kappa shape index (κ1) is 7.94. The van der Waals surface area contributed by atoms with Crippen LogP contribution in [-0.2, 0) is 4.74 Å². The van der Waals surface area contributed by atoms with Crippen molar-refractivity contribution in [3.63, 3.8) is 0 Å². The highest BCUT2D eigenvalue weighted by Crippen LogP contribution is 1.73. The molecule has 1 N–H and O–H groups in total. The van der Waals surface area contributed by atoms with Crippen molar-refractivity contribution >= 4 is 12.3 Å². The van der Waals surface area contributed by atoms with Gasteiger partial charge >= 0.3 is 6.09 Å². The average Bonchev–Trinajstić information content (AvgIpc) is 1.85. The zero-order valence-corrected chi connectivity index (χ0v) is 5.55. The summed E-state index contributed by atoms with van der Waals surface area (Å²) in [7, 11) is 0. The summed E-state index contributed by atoms with van der Waals surface area (Å²) in [6.07, 6.45) is 0.951. The highest BCUT2D eigenvalue weighted by Gasteiger charge is 1.93. The lowest BCUT2D eigenvalue weighted by atomic mass is 10.9. The van der Waals surface area contributed by atoms with Crippen LogP contribution in [-0.4, -0.2) is 18.9 Å². The molecule has 0 rings (SSSR count). The van der Waals surface area contributed by atoms with Crippen molar-refractivity contribution in [3.8, 4) is 0 Å². The highest BCUT2D eigenvalue weighted by molar-refractivity contribution is 5.68. The molecule has 0 aliphatic rings. The van der Waals surface area contributed by atoms with Gasteiger partial charge in [-0.05, 0) is 13.8 Å². The molecule has 4 heteroatoms. The Bertz CT molecular complexity index is 112. The molecule has 0 aliphatic carbocycles. The third kappa shape index (κ3) is 4.80. The Kier molecular flexibility index (Phi) is 4.49. The van der Waals surface area contributed by atoms with Crippen LogP contribution in [0.1, 0.15) is 13.8 Å². The third-order valence-electron chi connectivity index (χ3n) is 0.560. The number of ether oxygens (including phenoxy) is 1. The summed E-state index contributed by atoms with van der Waals surface area (Å²) in [5.74, 6) is 0. The molecule has 0 spiro atoms. The van der Waals surface area contributed by atoms with Gasteiger partial charge in [0, 0.05) is 6.21 Å². The zero-order valence-electron chi connectivity index (χ0n) is 5.55. The Labute approximate surface area is 53.9 Å². The van der Waals surface area contributed by atoms with Gasteiger partial charge in [0.1, 0.15) is 0 Å². The number of nitrogens with one attached hydrogen (secondary N) is 1. The number of hydrogen-bond donors (Lipinski definition) is 1. The molecule has 0 unspecified atom stereocenters. The first-order valence-corrected chi connectivity index (χ1v) is 2.71. The molecule has 0 aromatic rings. The van der Waals surface area contributed by atoms with E-state index in [0.717, 1.165) is 0 Å². The summed E-state index contributed by atoms with van der Waals surface area (Å²) >= 11 is 0. The van der Waals surface area contributed by atoms with E-state index in [1.165, 1.54) is 6.21 Å². The van der Waals surface area contributed by atoms with E-state index in [2.05, 4.69) is 15.3 Å². The topological polar surface area (TPSA) is 50.7 Å². The summed E-state index contributed by atoms with van der Waals surface area (Å²) < 4.78 is 4.48. The van der Waals surface area contributed by atoms with E-state index in [9.17, 15) is 4.79 Å². The van der Waals surface area contributed by atoms with Crippen molar-refractivity contribution in [3.05, 3.63) is 0 Å². The SMILES string of the molecule is CC=NNC(=O)OCC. The van der Waals surface area contributed by atoms with Gasteiger partial charge in [0.25, 0.3) is 0 Å². The Hall–Kier alpha value is -1.06. The Balaban J connectivity index is 3.27. The van der Waals surface area contributed by atoms with E-state index in [-0.39, 0.29) is 0 Å². The summed E-state index contributed by atoms with van der Waals surface area (Å²) in [5.41, 5.74) is 2.14. The van der Waals surface area contributed by atoms with E-state index in [4.69, 9.17) is 0 Å². The van der Waals surface area contributed by atoms with Crippen LogP contribution in [0.25, 0.3) is 0 Å². The van der Waals surface area contributed by atoms with E-state index in [1.54, 1.807) is 13.8 Å². The summed E-state index contributed by atoms with van der Waals surface area (Å²) in [6, 6.07) is 0. The minimum absolute atomic E-state index is 0.366. The molecule has 52 valence electrons. The van der Waals surface area contributed by atoms with Gasteiger partial charge in [-0.3, -0.25) is 0 Å². The van der Waals surface area contributed by atoms with Gasteiger partial charge in [-0.1, -0.05) is 0 Å². The van der Waals surface area contributed by atoms with Crippen molar-refractivity contribution < 1.29 is 9.53 Å². The smallest absolute Gasteiger partial charge is 0.427 e. The standard InChI is InChI=1S/C5H10N2O2/c1-3-6-7-5(8)9-4-2/h3H,4H2,1-2H3,(H,7,8). The maximum atomic E-state index is 10.4. The van der Waals surface area contributed by atoms with Crippen LogP contribution < -0.4 is 5.43 Å². The maximum Gasteiger partial charge on any atom is 0.427 e. The van der Waals surface area contributed by atoms with E-state index < -0.39 is 6.09 Å². The summed E-state index contributed by atoms with van der Waals surface area (Å²) in [6.45, 7) is 3.80. The number of carbonyl (C=O) groups is 1. The first-order valence-electron chi connectivity index (χ1n) is 2.71. The third-order valence-corrected chi connectivity index (χ3v) is 0.560. The molecule has 0 bridgehead atoms. The molecule has 0 saturated heterocycles. The fraction of sp³-hybridized carbons (Fsp3) is 0.600. The van der Waals surface area contributed by atoms with Crippen LogP contribution in [0.5, 0.6) is 0 Å². The molecule has 0 aromatic carbocycles. The average molecular weight is 130 g/mol. The molecular weight excluding hydrogens is 120 g/mol. The molecular formula is C5H10N2O2. The maximum absolute atomic E-state index is 10.4. The molecule has 9 heavy (non-hydrogen) atoms. The highest BCUT2D eigenvalue weighted by atomic mass is 16.5. The predicted molar refractivity (Wildman–Crippen MR) is 34.3 cm³/mol. The Morgan fingerprint density at radius 3 is 3.00 bits per heavy atom. The molecule has 0 aliphatic heterocycles. The van der Waals surface area contributed by atoms with Crippen molar-refractivity contribution in [1.29, 1.82) is 0 Å². The van der Waals surface area contributed by atoms with Crippen molar-refractivity contribution in [2.24, 2.45) is 5.10 Å². The van der Waals surface area contributed by atoms with Gasteiger partial charge in [0.05, 0.1) is 6.61 Å². The van der Waals surface area contributed by atoms with Gasteiger partial charge in [-0.2, -0.15) is 5.10 Å². The van der Waals surface area contributed by atoms with Crippen molar-refractivity contribution in [2.75, 3.05) is 6.61 Å². The number of hydrogen-bond acceptors (Lipinski definition) is 3. The van der Waals surface area contributed by atoms with Crippen molar-refractivity contribution in [2.45, 2.75) is 13.8 Å². The van der Waals surface area contributed by atoms with Gasteiger partial charge in [-0.15, -0.1) is 0 Å². The fourth-order valence-corrected chi connectivity index (χ4v) is 0.281. The number of nitrogens with zero attached hydrogens (tertiary/aromatic N) is 1. The predicted octanol–water partition coefficient (Wildman–Crippen LogP) is 0.738. The number of carbonyl (C=O) groups excluding carboxylic acids is 1. The lowest BCUT2D eigenvalue weighted by Crippen LogP contribution is -2.18. The van der Waals surface area contributed by atoms with Gasteiger partial charge < -0.3 is 4.74 Å². The number of rotatable bonds is 2. The van der Waals surface area contributed by atoms with Crippen LogP contribution in [0, 0.1) is 0 Å². The molecule has 0 aromatic heterocycles. The normalized spacial score (nSPS) is 9.56. The number of amides is 1. The fourth-order valence-electron chi connectivity index (χ4n) is 0.281. The molecule has 0 heterocycles. The van der Waals surface area contributed by atoms with Gasteiger partial charge in [0.15, 0.2) is 0 Å². The molecule has 4 nitrogen and oxygen atoms in total. The van der Waals surface area contributed by atoms with Crippen LogP contribution in [0.2, 0.25) is 0 Å². The second-order valence-electron chi connectivity index (χ2n) is 1.22. The second kappa shape index (κ2) is 5.08. The summed E-state index contributed by atoms with van der Waals surface area (Å²) in [5, 5.41) is 3.44. The molecule has 1 amide bonds. The van der Waals surface area contributed by atoms with Crippen LogP contribution in [0.15, 0.2) is 5.10 Å². The minimum atomic E-state index is -0.518. The largest absolute Gasteiger partial charge is 0.449 e. The van der Waals surface area contributed by atoms with Crippen LogP contribution in [0.3, 0.4) is 0 Å². The quantitative estimate of drug-likeness (QED) is 0.442. The van der Waals surface area contributed by atoms with Gasteiger partial charge in [-0.25, -0.2) is 10.2 Å². The van der Waals surface area contributed by atoms with E-state index >= 15 is 0 Å². The molecule has 0 saturated carbocycles. The Morgan fingerprint density at radius 2 is 2.56 bits per heavy atom. The molecule has 0 atom stereocenters. The molecule has 0 radical (unpaired) electrons. The molecule has 0 fully saturated rings. The first-order chi connectivity index (χ1) is 4.31. The number of hydrazone groups is 1. The zero-order chi connectivity index (χ0) is 7.11. The van der Waals surface area contributed by atoms with Crippen LogP contribution >= 0.6 is 0 Å². The Morgan fingerprint density at radius 1 is 1.89 bits per heavy atom. The summed E-state index contributed by atoms with van der Waals surface area (Å²) in [4.78, 5) is 10.4. The van der Waals surface area contributed by atoms with E-state index in [1.807, 2.05) is 0 Å². The van der Waals surface area contributed by atoms with E-state index in [0.29, 0.717) is 6.61 Å². The minimum Gasteiger partial charge on any atom is -0.449 e. The monoisotopic (exact) mass is 130 g/mol. The second-order valence-corrected chi connectivity index (χ2v) is 1.22. The lowest BCUT2D eigenvalue weighted by molar-refractivity contribution is 0.152. The lowest BCUT2D eigenvalue weighted by Gasteiger charge is -1.96. The van der Waals surface area contributed by atoms with Crippen LogP contribution in [0.4, 0.5) is 4.79 Å². The van der Waals surface area contributed by atoms with Crippen molar-refractivity contribution in [1.82, 2.24) is 5.43 Å². The van der Waals surface area contributed by atoms with Gasteiger partial charge in [0.2, 0.25) is 0 Å².